The van der Waals surface area contributed by atoms with Crippen LogP contribution in [0.15, 0.2) is 42.5 Å². The first kappa shape index (κ1) is 23.4. The third-order valence-corrected chi connectivity index (χ3v) is 5.72. The molecule has 3 amide bonds. The number of carbonyl (C=O) groups is 3. The Labute approximate surface area is 204 Å². The Morgan fingerprint density at radius 1 is 0.970 bits per heavy atom. The predicted octanol–water partition coefficient (Wildman–Crippen LogP) is 4.22. The SMILES string of the molecule is O=C(NC[C@@H]1CCCO1)C(=O)Nn1c(C(=O)Nc2cc(Cl)cc(Cl)c2)cc2cc(Cl)ccc21. The van der Waals surface area contributed by atoms with Crippen molar-refractivity contribution in [3.8, 4) is 0 Å². The van der Waals surface area contributed by atoms with Crippen molar-refractivity contribution in [3.05, 3.63) is 63.2 Å². The standard InChI is InChI=1S/C22H19Cl3N4O4/c23-13-3-4-18-12(6-13)7-19(20(30)27-16-9-14(24)8-15(25)10-16)29(18)28-22(32)21(31)26-11-17-2-1-5-33-17/h3-4,6-10,17H,1-2,5,11H2,(H,26,31)(H,27,30)(H,28,32)/t17-/m0/s1. The molecule has 1 aromatic heterocycles. The number of amides is 3. The van der Waals surface area contributed by atoms with Gasteiger partial charge in [-0.2, -0.15) is 0 Å². The highest BCUT2D eigenvalue weighted by Crippen LogP contribution is 2.26. The molecule has 1 aliphatic heterocycles. The van der Waals surface area contributed by atoms with E-state index >= 15 is 0 Å². The molecule has 172 valence electrons. The summed E-state index contributed by atoms with van der Waals surface area (Å²) in [6.07, 6.45) is 1.63. The molecule has 0 bridgehead atoms. The lowest BCUT2D eigenvalue weighted by Gasteiger charge is -2.14. The van der Waals surface area contributed by atoms with Gasteiger partial charge in [0.1, 0.15) is 5.69 Å². The van der Waals surface area contributed by atoms with E-state index in [1.54, 1.807) is 24.3 Å². The highest BCUT2D eigenvalue weighted by molar-refractivity contribution is 6.38. The first-order valence-electron chi connectivity index (χ1n) is 10.1. The van der Waals surface area contributed by atoms with Crippen molar-refractivity contribution in [3.63, 3.8) is 0 Å². The molecule has 2 heterocycles. The van der Waals surface area contributed by atoms with Crippen LogP contribution in [-0.4, -0.2) is 41.7 Å². The zero-order chi connectivity index (χ0) is 23.5. The second-order valence-corrected chi connectivity index (χ2v) is 8.78. The molecule has 0 saturated carbocycles. The lowest BCUT2D eigenvalue weighted by molar-refractivity contribution is -0.136. The van der Waals surface area contributed by atoms with Gasteiger partial charge in [-0.05, 0) is 55.3 Å². The molecule has 0 unspecified atom stereocenters. The smallest absolute Gasteiger partial charge is 0.328 e. The average Bonchev–Trinajstić information content (AvgIpc) is 3.39. The van der Waals surface area contributed by atoms with Crippen molar-refractivity contribution >= 4 is 69.1 Å². The highest BCUT2D eigenvalue weighted by Gasteiger charge is 2.23. The molecule has 1 aliphatic rings. The van der Waals surface area contributed by atoms with Crippen LogP contribution in [0.5, 0.6) is 0 Å². The number of aromatic nitrogens is 1. The van der Waals surface area contributed by atoms with Gasteiger partial charge >= 0.3 is 11.8 Å². The van der Waals surface area contributed by atoms with Gasteiger partial charge in [-0.15, -0.1) is 0 Å². The maximum atomic E-state index is 13.0. The summed E-state index contributed by atoms with van der Waals surface area (Å²) in [4.78, 5) is 37.9. The molecular weight excluding hydrogens is 491 g/mol. The summed E-state index contributed by atoms with van der Waals surface area (Å²) >= 11 is 18.1. The average molecular weight is 510 g/mol. The molecular formula is C22H19Cl3N4O4. The largest absolute Gasteiger partial charge is 0.376 e. The molecule has 8 nitrogen and oxygen atoms in total. The maximum Gasteiger partial charge on any atom is 0.328 e. The molecule has 1 fully saturated rings. The van der Waals surface area contributed by atoms with Crippen LogP contribution in [0.3, 0.4) is 0 Å². The van der Waals surface area contributed by atoms with Crippen LogP contribution >= 0.6 is 34.8 Å². The quantitative estimate of drug-likeness (QED) is 0.448. The number of hydrogen-bond donors (Lipinski definition) is 3. The van der Waals surface area contributed by atoms with Gasteiger partial charge in [-0.3, -0.25) is 19.8 Å². The molecule has 1 atom stereocenters. The van der Waals surface area contributed by atoms with Gasteiger partial charge in [-0.1, -0.05) is 34.8 Å². The molecule has 4 rings (SSSR count). The van der Waals surface area contributed by atoms with Gasteiger partial charge in [0, 0.05) is 39.3 Å². The van der Waals surface area contributed by atoms with Crippen LogP contribution in [0.25, 0.3) is 10.9 Å². The number of halogens is 3. The number of anilines is 1. The van der Waals surface area contributed by atoms with Crippen molar-refractivity contribution in [2.45, 2.75) is 18.9 Å². The van der Waals surface area contributed by atoms with Crippen molar-refractivity contribution in [2.24, 2.45) is 0 Å². The normalized spacial score (nSPS) is 15.4. The van der Waals surface area contributed by atoms with E-state index in [1.807, 2.05) is 0 Å². The molecule has 0 aliphatic carbocycles. The van der Waals surface area contributed by atoms with Gasteiger partial charge < -0.3 is 15.4 Å². The Balaban J connectivity index is 1.58. The summed E-state index contributed by atoms with van der Waals surface area (Å²) in [5.41, 5.74) is 3.41. The number of carbonyl (C=O) groups excluding carboxylic acids is 3. The third-order valence-electron chi connectivity index (χ3n) is 5.05. The van der Waals surface area contributed by atoms with Gasteiger partial charge in [-0.25, -0.2) is 4.68 Å². The minimum Gasteiger partial charge on any atom is -0.376 e. The summed E-state index contributed by atoms with van der Waals surface area (Å²) in [7, 11) is 0. The Kier molecular flexibility index (Phi) is 7.09. The Morgan fingerprint density at radius 2 is 1.73 bits per heavy atom. The number of fused-ring (bicyclic) bond motifs is 1. The summed E-state index contributed by atoms with van der Waals surface area (Å²) < 4.78 is 6.68. The van der Waals surface area contributed by atoms with Crippen LogP contribution in [0.2, 0.25) is 15.1 Å². The first-order valence-corrected chi connectivity index (χ1v) is 11.2. The zero-order valence-electron chi connectivity index (χ0n) is 17.2. The fourth-order valence-electron chi connectivity index (χ4n) is 3.54. The van der Waals surface area contributed by atoms with Gasteiger partial charge in [0.15, 0.2) is 0 Å². The monoisotopic (exact) mass is 508 g/mol. The first-order chi connectivity index (χ1) is 15.8. The fourth-order valence-corrected chi connectivity index (χ4v) is 4.25. The van der Waals surface area contributed by atoms with Crippen molar-refractivity contribution in [2.75, 3.05) is 23.9 Å². The molecule has 11 heteroatoms. The van der Waals surface area contributed by atoms with E-state index in [2.05, 4.69) is 16.1 Å². The minimum absolute atomic E-state index is 0.0728. The van der Waals surface area contributed by atoms with E-state index in [0.29, 0.717) is 38.3 Å². The lowest BCUT2D eigenvalue weighted by atomic mass is 10.2. The van der Waals surface area contributed by atoms with Crippen LogP contribution in [0.4, 0.5) is 5.69 Å². The second-order valence-electron chi connectivity index (χ2n) is 7.47. The molecule has 3 N–H and O–H groups in total. The Bertz CT molecular complexity index is 1220. The van der Waals surface area contributed by atoms with Crippen molar-refractivity contribution in [1.82, 2.24) is 9.99 Å². The van der Waals surface area contributed by atoms with Gasteiger partial charge in [0.2, 0.25) is 0 Å². The molecule has 1 saturated heterocycles. The van der Waals surface area contributed by atoms with E-state index in [1.165, 1.54) is 22.9 Å². The number of hydrogen-bond acceptors (Lipinski definition) is 4. The summed E-state index contributed by atoms with van der Waals surface area (Å²) in [6.45, 7) is 0.873. The van der Waals surface area contributed by atoms with Gasteiger partial charge in [0.05, 0.1) is 11.6 Å². The fraction of sp³-hybridized carbons (Fsp3) is 0.227. The topological polar surface area (TPSA) is 101 Å². The third kappa shape index (κ3) is 5.59. The second kappa shape index (κ2) is 10.0. The van der Waals surface area contributed by atoms with E-state index in [9.17, 15) is 14.4 Å². The van der Waals surface area contributed by atoms with Crippen LogP contribution in [-0.2, 0) is 14.3 Å². The van der Waals surface area contributed by atoms with Crippen molar-refractivity contribution in [1.29, 1.82) is 0 Å². The predicted molar refractivity (Wildman–Crippen MR) is 128 cm³/mol. The summed E-state index contributed by atoms with van der Waals surface area (Å²) in [5, 5.41) is 6.99. The summed E-state index contributed by atoms with van der Waals surface area (Å²) in [5.74, 6) is -2.32. The van der Waals surface area contributed by atoms with E-state index in [-0.39, 0.29) is 18.3 Å². The maximum absolute atomic E-state index is 13.0. The molecule has 3 aromatic rings. The molecule has 2 aromatic carbocycles. The van der Waals surface area contributed by atoms with Gasteiger partial charge in [0.25, 0.3) is 5.91 Å². The lowest BCUT2D eigenvalue weighted by Crippen LogP contribution is -2.42. The van der Waals surface area contributed by atoms with E-state index in [0.717, 1.165) is 12.8 Å². The number of rotatable bonds is 5. The number of benzene rings is 2. The van der Waals surface area contributed by atoms with Crippen LogP contribution in [0, 0.1) is 0 Å². The minimum atomic E-state index is -0.930. The zero-order valence-corrected chi connectivity index (χ0v) is 19.4. The van der Waals surface area contributed by atoms with E-state index < -0.39 is 17.7 Å². The molecule has 33 heavy (non-hydrogen) atoms. The number of ether oxygens (including phenoxy) is 1. The summed E-state index contributed by atoms with van der Waals surface area (Å²) in [6, 6.07) is 11.0. The van der Waals surface area contributed by atoms with Crippen LogP contribution in [0.1, 0.15) is 23.3 Å². The Hall–Kier alpha value is -2.78. The number of nitrogens with zero attached hydrogens (tertiary/aromatic N) is 1. The van der Waals surface area contributed by atoms with Crippen molar-refractivity contribution < 1.29 is 19.1 Å². The highest BCUT2D eigenvalue weighted by atomic mass is 35.5. The Morgan fingerprint density at radius 3 is 2.42 bits per heavy atom. The molecule has 0 spiro atoms. The molecule has 0 radical (unpaired) electrons. The van der Waals surface area contributed by atoms with E-state index in [4.69, 9.17) is 39.5 Å². The number of nitrogens with one attached hydrogen (secondary N) is 3. The van der Waals surface area contributed by atoms with Crippen LogP contribution < -0.4 is 16.1 Å².